The summed E-state index contributed by atoms with van der Waals surface area (Å²) in [7, 11) is 0. The van der Waals surface area contributed by atoms with Gasteiger partial charge < -0.3 is 10.1 Å². The second kappa shape index (κ2) is 8.98. The number of alkyl halides is 1. The van der Waals surface area contributed by atoms with Crippen LogP contribution < -0.4 is 5.32 Å². The first-order chi connectivity index (χ1) is 14.2. The van der Waals surface area contributed by atoms with Gasteiger partial charge in [-0.05, 0) is 23.8 Å². The second-order valence-corrected chi connectivity index (χ2v) is 7.08. The molecule has 0 spiro atoms. The van der Waals surface area contributed by atoms with E-state index in [4.69, 9.17) is 4.74 Å². The van der Waals surface area contributed by atoms with Gasteiger partial charge in [0, 0.05) is 42.3 Å². The van der Waals surface area contributed by atoms with Crippen LogP contribution in [-0.2, 0) is 16.1 Å². The Kier molecular flexibility index (Phi) is 5.97. The van der Waals surface area contributed by atoms with Crippen molar-refractivity contribution in [3.05, 3.63) is 65.9 Å². The van der Waals surface area contributed by atoms with Crippen LogP contribution in [0.25, 0.3) is 17.0 Å². The lowest BCUT2D eigenvalue weighted by Crippen LogP contribution is -2.52. The fourth-order valence-corrected chi connectivity index (χ4v) is 3.31. The molecule has 0 unspecified atom stereocenters. The number of hydrogen-bond acceptors (Lipinski definition) is 4. The largest absolute Gasteiger partial charge is 0.371 e. The van der Waals surface area contributed by atoms with Crippen LogP contribution >= 0.6 is 0 Å². The Bertz CT molecular complexity index is 1010. The molecule has 2 N–H and O–H groups in total. The first-order valence-corrected chi connectivity index (χ1v) is 9.61. The SMILES string of the molecule is O=C(/C=C/c1ccc2cn[nH]c2c1)Nc1ccccc1COC1CN(CCF)C1. The predicted molar refractivity (Wildman–Crippen MR) is 111 cm³/mol. The Morgan fingerprint density at radius 1 is 1.31 bits per heavy atom. The van der Waals surface area contributed by atoms with Gasteiger partial charge in [0.1, 0.15) is 6.67 Å². The van der Waals surface area contributed by atoms with Crippen molar-refractivity contribution in [2.24, 2.45) is 0 Å². The van der Waals surface area contributed by atoms with E-state index in [-0.39, 0.29) is 18.7 Å². The topological polar surface area (TPSA) is 70.2 Å². The van der Waals surface area contributed by atoms with Crippen molar-refractivity contribution >= 4 is 28.6 Å². The number of amides is 1. The van der Waals surface area contributed by atoms with Crippen LogP contribution in [-0.4, -0.2) is 53.4 Å². The highest BCUT2D eigenvalue weighted by Gasteiger charge is 2.26. The van der Waals surface area contributed by atoms with Crippen molar-refractivity contribution in [1.29, 1.82) is 0 Å². The van der Waals surface area contributed by atoms with Crippen molar-refractivity contribution in [1.82, 2.24) is 15.1 Å². The van der Waals surface area contributed by atoms with E-state index in [1.807, 2.05) is 47.4 Å². The van der Waals surface area contributed by atoms with Crippen LogP contribution in [0.4, 0.5) is 10.1 Å². The molecule has 1 saturated heterocycles. The van der Waals surface area contributed by atoms with E-state index in [1.54, 1.807) is 12.3 Å². The monoisotopic (exact) mass is 394 g/mol. The molecule has 1 fully saturated rings. The summed E-state index contributed by atoms with van der Waals surface area (Å²) >= 11 is 0. The molecule has 0 atom stereocenters. The number of benzene rings is 2. The van der Waals surface area contributed by atoms with Crippen molar-refractivity contribution < 1.29 is 13.9 Å². The summed E-state index contributed by atoms with van der Waals surface area (Å²) < 4.78 is 18.2. The number of aromatic nitrogens is 2. The molecule has 2 aromatic carbocycles. The molecule has 0 radical (unpaired) electrons. The highest BCUT2D eigenvalue weighted by atomic mass is 19.1. The molecule has 1 aliphatic rings. The van der Waals surface area contributed by atoms with Gasteiger partial charge in [-0.1, -0.05) is 30.3 Å². The van der Waals surface area contributed by atoms with Gasteiger partial charge in [-0.3, -0.25) is 14.8 Å². The quantitative estimate of drug-likeness (QED) is 0.575. The summed E-state index contributed by atoms with van der Waals surface area (Å²) in [4.78, 5) is 14.4. The maximum atomic E-state index is 12.4. The summed E-state index contributed by atoms with van der Waals surface area (Å²) in [6.45, 7) is 2.05. The average Bonchev–Trinajstić information content (AvgIpc) is 3.17. The van der Waals surface area contributed by atoms with Gasteiger partial charge in [0.05, 0.1) is 24.4 Å². The van der Waals surface area contributed by atoms with Gasteiger partial charge in [-0.25, -0.2) is 4.39 Å². The molecule has 7 heteroatoms. The number of carbonyl (C=O) groups excluding carboxylic acids is 1. The van der Waals surface area contributed by atoms with Crippen molar-refractivity contribution in [3.63, 3.8) is 0 Å². The minimum absolute atomic E-state index is 0.114. The number of hydrogen-bond donors (Lipinski definition) is 2. The highest BCUT2D eigenvalue weighted by Crippen LogP contribution is 2.20. The summed E-state index contributed by atoms with van der Waals surface area (Å²) in [5.74, 6) is -0.208. The third-order valence-corrected chi connectivity index (χ3v) is 4.97. The summed E-state index contributed by atoms with van der Waals surface area (Å²) in [5, 5.41) is 10.9. The zero-order valence-electron chi connectivity index (χ0n) is 16.0. The number of para-hydroxylation sites is 1. The Balaban J connectivity index is 1.33. The van der Waals surface area contributed by atoms with Crippen LogP contribution in [0.5, 0.6) is 0 Å². The van der Waals surface area contributed by atoms with Gasteiger partial charge in [-0.15, -0.1) is 0 Å². The van der Waals surface area contributed by atoms with E-state index < -0.39 is 0 Å². The van der Waals surface area contributed by atoms with E-state index >= 15 is 0 Å². The Morgan fingerprint density at radius 3 is 3.03 bits per heavy atom. The third kappa shape index (κ3) is 4.88. The van der Waals surface area contributed by atoms with E-state index in [0.29, 0.717) is 13.2 Å². The van der Waals surface area contributed by atoms with Crippen molar-refractivity contribution in [2.45, 2.75) is 12.7 Å². The minimum atomic E-state index is -0.329. The number of aromatic amines is 1. The highest BCUT2D eigenvalue weighted by molar-refractivity contribution is 6.02. The molecular weight excluding hydrogens is 371 g/mol. The smallest absolute Gasteiger partial charge is 0.248 e. The molecule has 1 aromatic heterocycles. The number of anilines is 1. The summed E-state index contributed by atoms with van der Waals surface area (Å²) in [5.41, 5.74) is 3.48. The van der Waals surface area contributed by atoms with E-state index in [1.165, 1.54) is 6.08 Å². The molecular formula is C22H23FN4O2. The molecule has 29 heavy (non-hydrogen) atoms. The van der Waals surface area contributed by atoms with E-state index in [0.717, 1.165) is 40.8 Å². The molecule has 150 valence electrons. The van der Waals surface area contributed by atoms with Gasteiger partial charge in [0.2, 0.25) is 5.91 Å². The fraction of sp³-hybridized carbons (Fsp3) is 0.273. The molecule has 1 aliphatic heterocycles. The minimum Gasteiger partial charge on any atom is -0.371 e. The lowest BCUT2D eigenvalue weighted by molar-refractivity contribution is -0.111. The lowest BCUT2D eigenvalue weighted by Gasteiger charge is -2.38. The van der Waals surface area contributed by atoms with E-state index in [2.05, 4.69) is 15.5 Å². The summed E-state index contributed by atoms with van der Waals surface area (Å²) in [6.07, 6.45) is 5.15. The van der Waals surface area contributed by atoms with Gasteiger partial charge in [-0.2, -0.15) is 5.10 Å². The average molecular weight is 394 g/mol. The number of fused-ring (bicyclic) bond motifs is 1. The molecule has 4 rings (SSSR count). The first-order valence-electron chi connectivity index (χ1n) is 9.61. The number of halogens is 1. The number of carbonyl (C=O) groups is 1. The lowest BCUT2D eigenvalue weighted by atomic mass is 10.1. The molecule has 2 heterocycles. The number of nitrogens with zero attached hydrogens (tertiary/aromatic N) is 2. The molecule has 1 amide bonds. The van der Waals surface area contributed by atoms with Crippen LogP contribution in [0.2, 0.25) is 0 Å². The van der Waals surface area contributed by atoms with Crippen molar-refractivity contribution in [2.75, 3.05) is 31.6 Å². The maximum Gasteiger partial charge on any atom is 0.248 e. The predicted octanol–water partition coefficient (Wildman–Crippen LogP) is 3.39. The Labute approximate surface area is 168 Å². The zero-order valence-corrected chi connectivity index (χ0v) is 16.0. The normalized spacial score (nSPS) is 15.1. The molecule has 0 aliphatic carbocycles. The second-order valence-electron chi connectivity index (χ2n) is 7.08. The number of H-pyrrole nitrogens is 1. The number of ether oxygens (including phenoxy) is 1. The third-order valence-electron chi connectivity index (χ3n) is 4.97. The van der Waals surface area contributed by atoms with Gasteiger partial charge in [0.15, 0.2) is 0 Å². The number of nitrogens with one attached hydrogen (secondary N) is 2. The zero-order chi connectivity index (χ0) is 20.1. The molecule has 3 aromatic rings. The van der Waals surface area contributed by atoms with Crippen LogP contribution in [0, 0.1) is 0 Å². The fourth-order valence-electron chi connectivity index (χ4n) is 3.31. The standard InChI is InChI=1S/C22H23FN4O2/c23-9-10-27-13-19(14-27)29-15-18-3-1-2-4-20(18)25-22(28)8-6-16-5-7-17-12-24-26-21(17)11-16/h1-8,11-12,19H,9-10,13-15H2,(H,24,26)(H,25,28)/b8-6+. The summed E-state index contributed by atoms with van der Waals surface area (Å²) in [6, 6.07) is 13.4. The van der Waals surface area contributed by atoms with Crippen LogP contribution in [0.1, 0.15) is 11.1 Å². The maximum absolute atomic E-state index is 12.4. The van der Waals surface area contributed by atoms with Crippen LogP contribution in [0.15, 0.2) is 54.7 Å². The number of rotatable bonds is 8. The van der Waals surface area contributed by atoms with Crippen LogP contribution in [0.3, 0.4) is 0 Å². The Hall–Kier alpha value is -3.03. The molecule has 0 bridgehead atoms. The van der Waals surface area contributed by atoms with Gasteiger partial charge >= 0.3 is 0 Å². The van der Waals surface area contributed by atoms with Crippen molar-refractivity contribution in [3.8, 4) is 0 Å². The molecule has 6 nitrogen and oxygen atoms in total. The Morgan fingerprint density at radius 2 is 2.17 bits per heavy atom. The van der Waals surface area contributed by atoms with E-state index in [9.17, 15) is 9.18 Å². The first kappa shape index (κ1) is 19.3. The number of likely N-dealkylation sites (tertiary alicyclic amines) is 1. The molecule has 0 saturated carbocycles. The van der Waals surface area contributed by atoms with Gasteiger partial charge in [0.25, 0.3) is 0 Å².